The predicted molar refractivity (Wildman–Crippen MR) is 147 cm³/mol. The smallest absolute Gasteiger partial charge is 0.248 e. The number of aliphatic hydroxyl groups excluding tert-OH is 1. The number of aryl methyl sites for hydroxylation is 2. The highest BCUT2D eigenvalue weighted by Crippen LogP contribution is 2.36. The molecule has 39 heavy (non-hydrogen) atoms. The van der Waals surface area contributed by atoms with Gasteiger partial charge in [0.1, 0.15) is 6.04 Å². The van der Waals surface area contributed by atoms with Gasteiger partial charge in [0.05, 0.1) is 12.1 Å². The van der Waals surface area contributed by atoms with Crippen molar-refractivity contribution in [3.63, 3.8) is 0 Å². The van der Waals surface area contributed by atoms with Crippen LogP contribution in [0.5, 0.6) is 0 Å². The molecule has 1 aromatic carbocycles. The van der Waals surface area contributed by atoms with Crippen molar-refractivity contribution in [2.75, 3.05) is 11.4 Å². The highest BCUT2D eigenvalue weighted by atomic mass is 19.3. The van der Waals surface area contributed by atoms with Gasteiger partial charge in [0, 0.05) is 48.6 Å². The molecule has 0 spiro atoms. The van der Waals surface area contributed by atoms with Crippen molar-refractivity contribution in [2.24, 2.45) is 0 Å². The minimum Gasteiger partial charge on any atom is -0.392 e. The zero-order valence-electron chi connectivity index (χ0n) is 23.4. The molecule has 0 bridgehead atoms. The summed E-state index contributed by atoms with van der Waals surface area (Å²) >= 11 is 0. The maximum atomic E-state index is 14.1. The number of aliphatic hydroxyl groups is 1. The Bertz CT molecular complexity index is 1170. The fraction of sp³-hybridized carbons (Fsp3) is 0.567. The number of β-amino-alcohol motifs (C(OH)–C–C–N with tert-alkyl or cyclic N) is 1. The number of benzene rings is 1. The van der Waals surface area contributed by atoms with Crippen LogP contribution in [0.25, 0.3) is 0 Å². The molecular weight excluding hydrogens is 502 g/mol. The normalized spacial score (nSPS) is 22.4. The first kappa shape index (κ1) is 29.1. The van der Waals surface area contributed by atoms with Gasteiger partial charge in [-0.15, -0.1) is 0 Å². The van der Waals surface area contributed by atoms with Crippen LogP contribution in [0.15, 0.2) is 36.5 Å². The zero-order chi connectivity index (χ0) is 28.5. The Morgan fingerprint density at radius 3 is 2.31 bits per heavy atom. The molecular formula is C30H40F2N4O3. The Labute approximate surface area is 229 Å². The summed E-state index contributed by atoms with van der Waals surface area (Å²) in [6.45, 7) is 10.2. The minimum absolute atomic E-state index is 0.110. The van der Waals surface area contributed by atoms with E-state index in [9.17, 15) is 23.5 Å². The van der Waals surface area contributed by atoms with Gasteiger partial charge in [-0.05, 0) is 67.9 Å². The lowest BCUT2D eigenvalue weighted by Crippen LogP contribution is -2.52. The Hall–Kier alpha value is -2.91. The maximum Gasteiger partial charge on any atom is 0.248 e. The predicted octanol–water partition coefficient (Wildman–Crippen LogP) is 4.49. The van der Waals surface area contributed by atoms with Crippen molar-refractivity contribution in [3.05, 3.63) is 58.9 Å². The number of carbonyl (C=O) groups excluding carboxylic acids is 2. The first-order chi connectivity index (χ1) is 18.3. The average Bonchev–Trinajstić information content (AvgIpc) is 3.30. The van der Waals surface area contributed by atoms with Crippen LogP contribution >= 0.6 is 0 Å². The molecule has 212 valence electrons. The SMILES string of the molecule is Cc1ccnc(C)c1C(C(=O)NC1CCC(F)(F)CC1)N(C(=O)[C@H]1C[C@@H](O)CN1)c1ccc(C(C)(C)C)cc1. The van der Waals surface area contributed by atoms with E-state index in [-0.39, 0.29) is 50.0 Å². The van der Waals surface area contributed by atoms with E-state index in [0.717, 1.165) is 11.1 Å². The van der Waals surface area contributed by atoms with Crippen LogP contribution < -0.4 is 15.5 Å². The Kier molecular flexibility index (Phi) is 8.42. The van der Waals surface area contributed by atoms with Gasteiger partial charge in [-0.1, -0.05) is 32.9 Å². The van der Waals surface area contributed by atoms with Gasteiger partial charge in [0.25, 0.3) is 0 Å². The van der Waals surface area contributed by atoms with E-state index < -0.39 is 36.1 Å². The first-order valence-corrected chi connectivity index (χ1v) is 13.7. The summed E-state index contributed by atoms with van der Waals surface area (Å²) in [6.07, 6.45) is 0.991. The van der Waals surface area contributed by atoms with Crippen LogP contribution in [0.3, 0.4) is 0 Å². The molecule has 0 radical (unpaired) electrons. The van der Waals surface area contributed by atoms with Crippen molar-refractivity contribution in [2.45, 2.75) is 102 Å². The molecule has 4 rings (SSSR count). The molecule has 2 aromatic rings. The number of rotatable bonds is 6. The number of anilines is 1. The van der Waals surface area contributed by atoms with Crippen LogP contribution in [-0.4, -0.2) is 52.6 Å². The van der Waals surface area contributed by atoms with Crippen LogP contribution in [0, 0.1) is 13.8 Å². The van der Waals surface area contributed by atoms with E-state index in [4.69, 9.17) is 0 Å². The van der Waals surface area contributed by atoms with E-state index in [1.165, 1.54) is 4.90 Å². The van der Waals surface area contributed by atoms with Crippen molar-refractivity contribution in [1.82, 2.24) is 15.6 Å². The number of halogens is 2. The number of hydrogen-bond donors (Lipinski definition) is 3. The number of nitrogens with one attached hydrogen (secondary N) is 2. The highest BCUT2D eigenvalue weighted by Gasteiger charge is 2.42. The fourth-order valence-electron chi connectivity index (χ4n) is 5.56. The zero-order valence-corrected chi connectivity index (χ0v) is 23.4. The Morgan fingerprint density at radius 2 is 1.77 bits per heavy atom. The molecule has 1 aliphatic heterocycles. The van der Waals surface area contributed by atoms with E-state index in [1.807, 2.05) is 31.2 Å². The fourth-order valence-corrected chi connectivity index (χ4v) is 5.56. The largest absolute Gasteiger partial charge is 0.392 e. The first-order valence-electron chi connectivity index (χ1n) is 13.7. The number of pyridine rings is 1. The average molecular weight is 543 g/mol. The molecule has 2 amide bonds. The molecule has 2 aliphatic rings. The lowest BCUT2D eigenvalue weighted by molar-refractivity contribution is -0.128. The summed E-state index contributed by atoms with van der Waals surface area (Å²) in [7, 11) is 0. The summed E-state index contributed by atoms with van der Waals surface area (Å²) < 4.78 is 27.6. The molecule has 1 aliphatic carbocycles. The summed E-state index contributed by atoms with van der Waals surface area (Å²) in [5, 5.41) is 16.2. The van der Waals surface area contributed by atoms with Crippen molar-refractivity contribution in [1.29, 1.82) is 0 Å². The van der Waals surface area contributed by atoms with E-state index >= 15 is 0 Å². The van der Waals surface area contributed by atoms with E-state index in [0.29, 0.717) is 16.9 Å². The molecule has 2 heterocycles. The number of amides is 2. The topological polar surface area (TPSA) is 94.6 Å². The minimum atomic E-state index is -2.72. The molecule has 1 unspecified atom stereocenters. The summed E-state index contributed by atoms with van der Waals surface area (Å²) in [5.74, 6) is -3.49. The van der Waals surface area contributed by atoms with Gasteiger partial charge in [-0.25, -0.2) is 8.78 Å². The second kappa shape index (κ2) is 11.3. The molecule has 3 N–H and O–H groups in total. The third-order valence-electron chi connectivity index (χ3n) is 7.91. The Morgan fingerprint density at radius 1 is 1.13 bits per heavy atom. The van der Waals surface area contributed by atoms with Gasteiger partial charge < -0.3 is 15.7 Å². The van der Waals surface area contributed by atoms with Crippen LogP contribution in [0.4, 0.5) is 14.5 Å². The standard InChI is InChI=1S/C30H40F2N4O3/c1-18-12-15-33-19(2)25(18)26(27(38)35-21-10-13-30(31,32)14-11-21)36(28(39)24-16-23(37)17-34-24)22-8-6-20(7-9-22)29(3,4)5/h6-9,12,15,21,23-24,26,34,37H,10-11,13-14,16-17H2,1-5H3,(H,35,38)/t23-,24-,26?/m1/s1. The molecule has 2 fully saturated rings. The van der Waals surface area contributed by atoms with Gasteiger partial charge >= 0.3 is 0 Å². The van der Waals surface area contributed by atoms with Crippen LogP contribution in [0.1, 0.15) is 81.3 Å². The summed E-state index contributed by atoms with van der Waals surface area (Å²) in [6, 6.07) is 7.22. The molecule has 9 heteroatoms. The third kappa shape index (κ3) is 6.64. The van der Waals surface area contributed by atoms with Crippen molar-refractivity contribution >= 4 is 17.5 Å². The quantitative estimate of drug-likeness (QED) is 0.500. The van der Waals surface area contributed by atoms with Crippen LogP contribution in [-0.2, 0) is 15.0 Å². The van der Waals surface area contributed by atoms with Gasteiger partial charge in [-0.2, -0.15) is 0 Å². The van der Waals surface area contributed by atoms with E-state index in [2.05, 4.69) is 36.4 Å². The van der Waals surface area contributed by atoms with Crippen molar-refractivity contribution < 1.29 is 23.5 Å². The molecule has 7 nitrogen and oxygen atoms in total. The van der Waals surface area contributed by atoms with Gasteiger partial charge in [-0.3, -0.25) is 19.5 Å². The third-order valence-corrected chi connectivity index (χ3v) is 7.91. The second-order valence-electron chi connectivity index (χ2n) is 12.0. The molecule has 1 saturated heterocycles. The molecule has 1 saturated carbocycles. The number of carbonyl (C=O) groups is 2. The number of nitrogens with zero attached hydrogens (tertiary/aromatic N) is 2. The molecule has 1 aromatic heterocycles. The summed E-state index contributed by atoms with van der Waals surface area (Å²) in [5.41, 5.74) is 3.50. The maximum absolute atomic E-state index is 14.1. The van der Waals surface area contributed by atoms with Crippen molar-refractivity contribution in [3.8, 4) is 0 Å². The summed E-state index contributed by atoms with van der Waals surface area (Å²) in [4.78, 5) is 34.2. The monoisotopic (exact) mass is 542 g/mol. The second-order valence-corrected chi connectivity index (χ2v) is 12.0. The lowest BCUT2D eigenvalue weighted by atomic mass is 9.87. The van der Waals surface area contributed by atoms with Gasteiger partial charge in [0.2, 0.25) is 17.7 Å². The number of aromatic nitrogens is 1. The molecule has 3 atom stereocenters. The van der Waals surface area contributed by atoms with E-state index in [1.54, 1.807) is 19.2 Å². The highest BCUT2D eigenvalue weighted by molar-refractivity contribution is 6.04. The van der Waals surface area contributed by atoms with Gasteiger partial charge in [0.15, 0.2) is 0 Å². The lowest BCUT2D eigenvalue weighted by Gasteiger charge is -2.36. The number of alkyl halides is 2. The number of hydrogen-bond acceptors (Lipinski definition) is 5. The Balaban J connectivity index is 1.79. The van der Waals surface area contributed by atoms with Crippen LogP contribution in [0.2, 0.25) is 0 Å².